The number of amides is 2. The summed E-state index contributed by atoms with van der Waals surface area (Å²) in [5.41, 5.74) is 5.14. The first-order valence-electron chi connectivity index (χ1n) is 11.3. The highest BCUT2D eigenvalue weighted by atomic mass is 79.9. The normalized spacial score (nSPS) is 17.7. The van der Waals surface area contributed by atoms with Crippen LogP contribution >= 0.6 is 15.9 Å². The van der Waals surface area contributed by atoms with Gasteiger partial charge in [-0.25, -0.2) is 9.59 Å². The highest BCUT2D eigenvalue weighted by Crippen LogP contribution is 2.44. The number of benzene rings is 3. The fraction of sp³-hybridized carbons (Fsp3) is 0.222. The second-order valence-corrected chi connectivity index (χ2v) is 9.75. The second-order valence-electron chi connectivity index (χ2n) is 8.83. The van der Waals surface area contributed by atoms with E-state index in [0.717, 1.165) is 11.1 Å². The van der Waals surface area contributed by atoms with Gasteiger partial charge in [0.15, 0.2) is 0 Å². The van der Waals surface area contributed by atoms with E-state index in [2.05, 4.69) is 50.8 Å². The molecule has 0 spiro atoms. The molecule has 7 nitrogen and oxygen atoms in total. The number of fused-ring (bicyclic) bond motifs is 3. The fourth-order valence-electron chi connectivity index (χ4n) is 4.68. The first-order valence-corrected chi connectivity index (χ1v) is 12.1. The van der Waals surface area contributed by atoms with Gasteiger partial charge in [-0.05, 0) is 52.8 Å². The number of hydrogen-bond acceptors (Lipinski definition) is 4. The first-order chi connectivity index (χ1) is 16.9. The van der Waals surface area contributed by atoms with Crippen LogP contribution in [0.15, 0.2) is 71.2 Å². The average Bonchev–Trinajstić information content (AvgIpc) is 3.56. The molecule has 0 saturated heterocycles. The third-order valence-electron chi connectivity index (χ3n) is 6.52. The number of carboxylic acids is 1. The average molecular weight is 535 g/mol. The lowest BCUT2D eigenvalue weighted by atomic mass is 9.98. The van der Waals surface area contributed by atoms with Crippen molar-refractivity contribution in [2.75, 3.05) is 18.5 Å². The van der Waals surface area contributed by atoms with Gasteiger partial charge in [-0.2, -0.15) is 0 Å². The minimum absolute atomic E-state index is 0.00603. The van der Waals surface area contributed by atoms with Gasteiger partial charge >= 0.3 is 12.1 Å². The van der Waals surface area contributed by atoms with Gasteiger partial charge in [0.1, 0.15) is 6.61 Å². The lowest BCUT2D eigenvalue weighted by Crippen LogP contribution is -2.29. The van der Waals surface area contributed by atoms with Crippen LogP contribution in [0.25, 0.3) is 11.1 Å². The smallest absolute Gasteiger partial charge is 0.407 e. The summed E-state index contributed by atoms with van der Waals surface area (Å²) in [5, 5.41) is 14.7. The van der Waals surface area contributed by atoms with Crippen molar-refractivity contribution in [3.8, 4) is 11.1 Å². The van der Waals surface area contributed by atoms with Gasteiger partial charge in [0.25, 0.3) is 0 Å². The van der Waals surface area contributed by atoms with E-state index in [0.29, 0.717) is 23.1 Å². The highest BCUT2D eigenvalue weighted by Gasteiger charge is 2.43. The van der Waals surface area contributed by atoms with Crippen LogP contribution in [0.5, 0.6) is 0 Å². The minimum Gasteiger partial charge on any atom is -0.478 e. The number of nitrogens with one attached hydrogen (secondary N) is 2. The van der Waals surface area contributed by atoms with Crippen LogP contribution < -0.4 is 10.6 Å². The van der Waals surface area contributed by atoms with Crippen molar-refractivity contribution in [2.45, 2.75) is 12.3 Å². The van der Waals surface area contributed by atoms with Crippen LogP contribution in [0, 0.1) is 11.8 Å². The van der Waals surface area contributed by atoms with Crippen LogP contribution in [0.1, 0.15) is 33.8 Å². The van der Waals surface area contributed by atoms with Gasteiger partial charge in [-0.1, -0.05) is 64.5 Å². The Hall–Kier alpha value is -3.65. The van der Waals surface area contributed by atoms with E-state index >= 15 is 0 Å². The molecule has 2 atom stereocenters. The summed E-state index contributed by atoms with van der Waals surface area (Å²) in [5.74, 6) is -1.50. The molecular weight excluding hydrogens is 512 g/mol. The summed E-state index contributed by atoms with van der Waals surface area (Å²) in [7, 11) is 0. The zero-order valence-electron chi connectivity index (χ0n) is 18.7. The maximum atomic E-state index is 12.5. The van der Waals surface area contributed by atoms with Gasteiger partial charge in [0.2, 0.25) is 5.91 Å². The molecule has 2 amide bonds. The summed E-state index contributed by atoms with van der Waals surface area (Å²) in [4.78, 5) is 36.1. The molecule has 0 aromatic heterocycles. The number of rotatable bonds is 7. The molecule has 8 heteroatoms. The number of aromatic carboxylic acids is 1. The van der Waals surface area contributed by atoms with Gasteiger partial charge < -0.3 is 20.5 Å². The summed E-state index contributed by atoms with van der Waals surface area (Å²) in [6.45, 7) is 0.580. The zero-order chi connectivity index (χ0) is 24.5. The molecule has 2 aliphatic rings. The van der Waals surface area contributed by atoms with Gasteiger partial charge in [-0.15, -0.1) is 0 Å². The molecular formula is C27H23BrN2O5. The van der Waals surface area contributed by atoms with Crippen molar-refractivity contribution < 1.29 is 24.2 Å². The standard InChI is InChI=1S/C27H23BrN2O5/c28-17-9-15(26(32)33)10-18(12-17)30-25(31)23-11-16(23)13-29-27(34)35-14-24-21-7-3-1-5-19(21)20-6-2-4-8-22(20)24/h1-10,12,16,23-24H,11,13-14H2,(H,29,34)(H,30,31)(H,32,33)/t16-,23-/m1/s1. The Morgan fingerprint density at radius 3 is 2.29 bits per heavy atom. The van der Waals surface area contributed by atoms with Crippen molar-refractivity contribution in [3.63, 3.8) is 0 Å². The number of carboxylic acid groups (broad SMARTS) is 1. The van der Waals surface area contributed by atoms with Crippen LogP contribution in [0.4, 0.5) is 10.5 Å². The lowest BCUT2D eigenvalue weighted by Gasteiger charge is -2.14. The quantitative estimate of drug-likeness (QED) is 0.383. The Labute approximate surface area is 210 Å². The predicted octanol–water partition coefficient (Wildman–Crippen LogP) is 5.26. The Balaban J connectivity index is 1.11. The van der Waals surface area contributed by atoms with E-state index in [1.165, 1.54) is 23.3 Å². The molecule has 1 fully saturated rings. The molecule has 5 rings (SSSR count). The predicted molar refractivity (Wildman–Crippen MR) is 134 cm³/mol. The zero-order valence-corrected chi connectivity index (χ0v) is 20.2. The van der Waals surface area contributed by atoms with Crippen molar-refractivity contribution in [1.82, 2.24) is 5.32 Å². The monoisotopic (exact) mass is 534 g/mol. The molecule has 3 N–H and O–H groups in total. The fourth-order valence-corrected chi connectivity index (χ4v) is 5.17. The van der Waals surface area contributed by atoms with Crippen LogP contribution in [-0.2, 0) is 9.53 Å². The summed E-state index contributed by atoms with van der Waals surface area (Å²) in [6, 6.07) is 20.8. The van der Waals surface area contributed by atoms with Crippen LogP contribution in [0.3, 0.4) is 0 Å². The molecule has 3 aromatic rings. The number of halogens is 1. The molecule has 0 heterocycles. The Morgan fingerprint density at radius 2 is 1.63 bits per heavy atom. The maximum Gasteiger partial charge on any atom is 0.407 e. The summed E-state index contributed by atoms with van der Waals surface area (Å²) in [6.07, 6.45) is 0.144. The van der Waals surface area contributed by atoms with Crippen molar-refractivity contribution in [2.24, 2.45) is 11.8 Å². The lowest BCUT2D eigenvalue weighted by molar-refractivity contribution is -0.117. The minimum atomic E-state index is -1.07. The summed E-state index contributed by atoms with van der Waals surface area (Å²) >= 11 is 3.26. The number of alkyl carbamates (subject to hydrolysis) is 1. The number of carbonyl (C=O) groups excluding carboxylic acids is 2. The van der Waals surface area contributed by atoms with E-state index < -0.39 is 12.1 Å². The van der Waals surface area contributed by atoms with Crippen molar-refractivity contribution >= 4 is 39.6 Å². The molecule has 2 aliphatic carbocycles. The number of anilines is 1. The maximum absolute atomic E-state index is 12.5. The van der Waals surface area contributed by atoms with E-state index in [9.17, 15) is 19.5 Å². The van der Waals surface area contributed by atoms with E-state index in [4.69, 9.17) is 4.74 Å². The van der Waals surface area contributed by atoms with Gasteiger partial charge in [-0.3, -0.25) is 4.79 Å². The molecule has 0 radical (unpaired) electrons. The van der Waals surface area contributed by atoms with E-state index in [1.807, 2.05) is 24.3 Å². The largest absolute Gasteiger partial charge is 0.478 e. The number of carbonyl (C=O) groups is 3. The van der Waals surface area contributed by atoms with E-state index in [-0.39, 0.29) is 35.8 Å². The molecule has 3 aromatic carbocycles. The second kappa shape index (κ2) is 9.54. The SMILES string of the molecule is O=C(NC[C@H]1C[C@H]1C(=O)Nc1cc(Br)cc(C(=O)O)c1)OCC1c2ccccc2-c2ccccc21. The molecule has 0 bridgehead atoms. The Bertz CT molecular complexity index is 1280. The Kier molecular flexibility index (Phi) is 6.30. The van der Waals surface area contributed by atoms with Crippen molar-refractivity contribution in [3.05, 3.63) is 87.9 Å². The first kappa shape index (κ1) is 23.1. The summed E-state index contributed by atoms with van der Waals surface area (Å²) < 4.78 is 6.11. The molecule has 178 valence electrons. The third-order valence-corrected chi connectivity index (χ3v) is 6.98. The van der Waals surface area contributed by atoms with Crippen molar-refractivity contribution in [1.29, 1.82) is 0 Å². The van der Waals surface area contributed by atoms with Gasteiger partial charge in [0, 0.05) is 28.5 Å². The van der Waals surface area contributed by atoms with Crippen LogP contribution in [-0.4, -0.2) is 36.2 Å². The molecule has 0 aliphatic heterocycles. The van der Waals surface area contributed by atoms with E-state index in [1.54, 1.807) is 6.07 Å². The van der Waals surface area contributed by atoms with Crippen LogP contribution in [0.2, 0.25) is 0 Å². The third kappa shape index (κ3) is 4.93. The number of hydrogen-bond donors (Lipinski definition) is 3. The molecule has 35 heavy (non-hydrogen) atoms. The molecule has 0 unspecified atom stereocenters. The molecule has 1 saturated carbocycles. The Morgan fingerprint density at radius 1 is 0.971 bits per heavy atom. The van der Waals surface area contributed by atoms with Gasteiger partial charge in [0.05, 0.1) is 5.56 Å². The topological polar surface area (TPSA) is 105 Å². The number of ether oxygens (including phenoxy) is 1. The highest BCUT2D eigenvalue weighted by molar-refractivity contribution is 9.10.